The molecule has 0 bridgehead atoms. The van der Waals surface area contributed by atoms with E-state index in [4.69, 9.17) is 4.74 Å². The molecule has 2 aromatic carbocycles. The highest BCUT2D eigenvalue weighted by Gasteiger charge is 2.39. The summed E-state index contributed by atoms with van der Waals surface area (Å²) in [5, 5.41) is 23.6. The average molecular weight is 743 g/mol. The Morgan fingerprint density at radius 2 is 1.19 bits per heavy atom. The lowest BCUT2D eigenvalue weighted by molar-refractivity contribution is -0.136. The maximum absolute atomic E-state index is 13.1. The molecule has 0 saturated carbocycles. The number of hydrogen-bond acceptors (Lipinski definition) is 7. The number of ether oxygens (including phenoxy) is 1. The Bertz CT molecular complexity index is 1300. The van der Waals surface area contributed by atoms with Gasteiger partial charge in [0.05, 0.1) is 15.9 Å². The molecule has 290 valence electrons. The van der Waals surface area contributed by atoms with Crippen LogP contribution in [-0.4, -0.2) is 63.4 Å². The number of benzene rings is 2. The van der Waals surface area contributed by atoms with Crippen molar-refractivity contribution in [2.75, 3.05) is 17.6 Å². The lowest BCUT2D eigenvalue weighted by Gasteiger charge is -2.27. The van der Waals surface area contributed by atoms with Crippen LogP contribution in [0, 0.1) is 0 Å². The Hall–Kier alpha value is -3.86. The number of amides is 2. The molecule has 0 aliphatic rings. The summed E-state index contributed by atoms with van der Waals surface area (Å²) in [7, 11) is 0. The molecule has 2 amide bonds. The summed E-state index contributed by atoms with van der Waals surface area (Å²) in [6, 6.07) is 11.5. The van der Waals surface area contributed by atoms with E-state index in [1.807, 2.05) is 6.92 Å². The molecule has 0 fully saturated rings. The lowest BCUT2D eigenvalue weighted by atomic mass is 10.0. The Labute approximate surface area is 315 Å². The zero-order valence-electron chi connectivity index (χ0n) is 31.8. The number of carbonyl (C=O) groups is 5. The van der Waals surface area contributed by atoms with E-state index in [-0.39, 0.29) is 16.8 Å². The van der Waals surface area contributed by atoms with Crippen LogP contribution < -0.4 is 15.4 Å². The second-order valence-corrected chi connectivity index (χ2v) is 15.3. The van der Waals surface area contributed by atoms with Crippen LogP contribution in [0.3, 0.4) is 0 Å². The Morgan fingerprint density at radius 1 is 0.731 bits per heavy atom. The standard InChI is InChI=1S/C22H23NO7S.C19H39NO/c1-4-31-22(2,3)18(24)17(30-16-8-6-5-7-9-16)19(25)23-15-11-13(20(26)27)10-14(12-15)21(28)29;1-2-3-4-5-6-7-8-9-10-11-12-13-14-15-16-17-18-20-19-21/h5-12,17H,4H2,1-3H3,(H,23,25)(H,26,27)(H,28,29);19H,2-18H2,1H3,(H,20,21). The number of Topliss-reactive ketones (excluding diaryl/α,β-unsaturated/α-hetero) is 1. The molecule has 0 radical (unpaired) electrons. The van der Waals surface area contributed by atoms with Crippen molar-refractivity contribution >= 4 is 47.5 Å². The van der Waals surface area contributed by atoms with E-state index in [1.165, 1.54) is 108 Å². The van der Waals surface area contributed by atoms with Crippen LogP contribution in [0.2, 0.25) is 0 Å². The first kappa shape index (κ1) is 46.2. The van der Waals surface area contributed by atoms with Gasteiger partial charge in [-0.15, -0.1) is 11.8 Å². The van der Waals surface area contributed by atoms with E-state index < -0.39 is 34.5 Å². The number of hydrogen-bond donors (Lipinski definition) is 4. The van der Waals surface area contributed by atoms with Crippen molar-refractivity contribution in [3.8, 4) is 5.75 Å². The molecule has 0 saturated heterocycles. The number of carboxylic acid groups (broad SMARTS) is 2. The number of rotatable bonds is 28. The number of unbranched alkanes of at least 4 members (excludes halogenated alkanes) is 15. The largest absolute Gasteiger partial charge is 0.478 e. The molecule has 0 heterocycles. The Balaban J connectivity index is 0.000000564. The number of para-hydroxylation sites is 1. The number of anilines is 1. The molecule has 2 rings (SSSR count). The highest BCUT2D eigenvalue weighted by molar-refractivity contribution is 8.01. The van der Waals surface area contributed by atoms with Crippen molar-refractivity contribution < 1.29 is 38.9 Å². The third-order valence-electron chi connectivity index (χ3n) is 8.52. The molecule has 1 unspecified atom stereocenters. The van der Waals surface area contributed by atoms with E-state index >= 15 is 0 Å². The van der Waals surface area contributed by atoms with Gasteiger partial charge in [-0.05, 0) is 56.4 Å². The van der Waals surface area contributed by atoms with E-state index in [0.717, 1.165) is 37.6 Å². The fourth-order valence-electron chi connectivity index (χ4n) is 5.60. The molecule has 0 aromatic heterocycles. The minimum Gasteiger partial charge on any atom is -0.478 e. The second-order valence-electron chi connectivity index (χ2n) is 13.4. The summed E-state index contributed by atoms with van der Waals surface area (Å²) in [6.07, 6.45) is 21.6. The third kappa shape index (κ3) is 20.2. The predicted molar refractivity (Wildman–Crippen MR) is 211 cm³/mol. The van der Waals surface area contributed by atoms with Crippen LogP contribution in [-0.2, 0) is 14.4 Å². The topological polar surface area (TPSA) is 159 Å². The highest BCUT2D eigenvalue weighted by atomic mass is 32.2. The van der Waals surface area contributed by atoms with Crippen LogP contribution in [0.15, 0.2) is 48.5 Å². The normalized spacial score (nSPS) is 11.5. The monoisotopic (exact) mass is 742 g/mol. The first-order valence-corrected chi connectivity index (χ1v) is 19.9. The molecule has 1 atom stereocenters. The fourth-order valence-corrected chi connectivity index (χ4v) is 6.57. The van der Waals surface area contributed by atoms with Crippen LogP contribution in [0.4, 0.5) is 5.69 Å². The number of ketones is 1. The van der Waals surface area contributed by atoms with Gasteiger partial charge in [0.1, 0.15) is 5.75 Å². The molecule has 11 heteroatoms. The van der Waals surface area contributed by atoms with Crippen molar-refractivity contribution in [2.24, 2.45) is 0 Å². The van der Waals surface area contributed by atoms with Crippen molar-refractivity contribution in [1.29, 1.82) is 0 Å². The average Bonchev–Trinajstić information content (AvgIpc) is 3.12. The van der Waals surface area contributed by atoms with Gasteiger partial charge in [0.25, 0.3) is 5.91 Å². The summed E-state index contributed by atoms with van der Waals surface area (Å²) in [5.74, 6) is -3.08. The van der Waals surface area contributed by atoms with Crippen LogP contribution in [0.1, 0.15) is 151 Å². The van der Waals surface area contributed by atoms with Crippen LogP contribution in [0.25, 0.3) is 0 Å². The fraction of sp³-hybridized carbons (Fsp3) is 0.585. The van der Waals surface area contributed by atoms with E-state index in [2.05, 4.69) is 17.6 Å². The summed E-state index contributed by atoms with van der Waals surface area (Å²) in [4.78, 5) is 58.8. The van der Waals surface area contributed by atoms with Crippen molar-refractivity contribution in [1.82, 2.24) is 5.32 Å². The van der Waals surface area contributed by atoms with Gasteiger partial charge in [0.15, 0.2) is 5.78 Å². The Morgan fingerprint density at radius 3 is 1.62 bits per heavy atom. The van der Waals surface area contributed by atoms with Gasteiger partial charge in [-0.3, -0.25) is 14.4 Å². The maximum atomic E-state index is 13.1. The van der Waals surface area contributed by atoms with Crippen LogP contribution in [0.5, 0.6) is 5.75 Å². The smallest absolute Gasteiger partial charge is 0.335 e. The molecule has 2 aromatic rings. The Kier molecular flexibility index (Phi) is 24.6. The first-order chi connectivity index (χ1) is 25.0. The van der Waals surface area contributed by atoms with Crippen molar-refractivity contribution in [3.05, 3.63) is 59.7 Å². The molecule has 0 aliphatic carbocycles. The quantitative estimate of drug-likeness (QED) is 0.0378. The number of carbonyl (C=O) groups excluding carboxylic acids is 3. The molecule has 10 nitrogen and oxygen atoms in total. The van der Waals surface area contributed by atoms with Gasteiger partial charge in [0, 0.05) is 12.2 Å². The molecule has 52 heavy (non-hydrogen) atoms. The molecule has 0 spiro atoms. The summed E-state index contributed by atoms with van der Waals surface area (Å²) < 4.78 is 4.76. The van der Waals surface area contributed by atoms with Gasteiger partial charge in [-0.25, -0.2) is 9.59 Å². The van der Waals surface area contributed by atoms with Gasteiger partial charge >= 0.3 is 11.9 Å². The SMILES string of the molecule is CCCCCCCCCCCCCCCCCCNC=O.CCSC(C)(C)C(=O)C(Oc1ccccc1)C(=O)Nc1cc(C(=O)O)cc(C(=O)O)c1. The minimum absolute atomic E-state index is 0.0716. The van der Waals surface area contributed by atoms with Gasteiger partial charge in [0.2, 0.25) is 12.5 Å². The van der Waals surface area contributed by atoms with Crippen LogP contribution >= 0.6 is 11.8 Å². The van der Waals surface area contributed by atoms with Gasteiger partial charge in [-0.2, -0.15) is 0 Å². The van der Waals surface area contributed by atoms with Gasteiger partial charge < -0.3 is 25.6 Å². The number of nitrogens with one attached hydrogen (secondary N) is 2. The predicted octanol–water partition coefficient (Wildman–Crippen LogP) is 9.56. The first-order valence-electron chi connectivity index (χ1n) is 19.0. The number of aromatic carboxylic acids is 2. The molecular weight excluding hydrogens is 681 g/mol. The number of carboxylic acids is 2. The minimum atomic E-state index is -1.53. The summed E-state index contributed by atoms with van der Waals surface area (Å²) in [6.45, 7) is 8.39. The van der Waals surface area contributed by atoms with E-state index in [0.29, 0.717) is 11.5 Å². The highest BCUT2D eigenvalue weighted by Crippen LogP contribution is 2.28. The third-order valence-corrected chi connectivity index (χ3v) is 9.74. The number of thioether (sulfide) groups is 1. The zero-order valence-corrected chi connectivity index (χ0v) is 32.6. The molecular formula is C41H62N2O8S. The summed E-state index contributed by atoms with van der Waals surface area (Å²) in [5.41, 5.74) is -0.703. The maximum Gasteiger partial charge on any atom is 0.335 e. The van der Waals surface area contributed by atoms with Gasteiger partial charge in [-0.1, -0.05) is 128 Å². The van der Waals surface area contributed by atoms with E-state index in [1.54, 1.807) is 44.2 Å². The van der Waals surface area contributed by atoms with Crippen molar-refractivity contribution in [3.63, 3.8) is 0 Å². The second kappa shape index (κ2) is 27.7. The molecule has 4 N–H and O–H groups in total. The van der Waals surface area contributed by atoms with E-state index in [9.17, 15) is 34.2 Å². The zero-order chi connectivity index (χ0) is 38.6. The van der Waals surface area contributed by atoms with Crippen molar-refractivity contribution in [2.45, 2.75) is 141 Å². The summed E-state index contributed by atoms with van der Waals surface area (Å²) >= 11 is 1.35. The molecule has 0 aliphatic heterocycles. The lowest BCUT2D eigenvalue weighted by Crippen LogP contribution is -2.48.